The number of hydrogen-bond donors (Lipinski definition) is 1. The molecule has 1 N–H and O–H groups in total. The molecule has 0 radical (unpaired) electrons. The van der Waals surface area contributed by atoms with Crippen LogP contribution in [-0.4, -0.2) is 30.9 Å². The highest BCUT2D eigenvalue weighted by atomic mass is 32.2. The van der Waals surface area contributed by atoms with Crippen molar-refractivity contribution in [2.45, 2.75) is 23.7 Å². The number of nitro benzene ring substituents is 1. The summed E-state index contributed by atoms with van der Waals surface area (Å²) < 4.78 is 5.80. The number of aromatic nitrogens is 2. The molecule has 9 nitrogen and oxygen atoms in total. The van der Waals surface area contributed by atoms with Crippen LogP contribution in [0.25, 0.3) is 17.1 Å². The van der Waals surface area contributed by atoms with Crippen molar-refractivity contribution in [2.24, 2.45) is 0 Å². The van der Waals surface area contributed by atoms with Gasteiger partial charge >= 0.3 is 0 Å². The van der Waals surface area contributed by atoms with E-state index in [2.05, 4.69) is 9.97 Å². The van der Waals surface area contributed by atoms with E-state index in [0.29, 0.717) is 21.6 Å². The number of imidazole rings is 1. The van der Waals surface area contributed by atoms with Crippen molar-refractivity contribution in [3.8, 4) is 0 Å². The number of furan rings is 1. The molecule has 3 heterocycles. The number of hydrogen-bond acceptors (Lipinski definition) is 8. The Kier molecular flexibility index (Phi) is 5.72. The zero-order valence-electron chi connectivity index (χ0n) is 17.7. The van der Waals surface area contributed by atoms with E-state index in [4.69, 9.17) is 4.42 Å². The summed E-state index contributed by atoms with van der Waals surface area (Å²) in [5.74, 6) is -0.0462. The van der Waals surface area contributed by atoms with E-state index in [1.165, 1.54) is 36.0 Å². The summed E-state index contributed by atoms with van der Waals surface area (Å²) in [6.07, 6.45) is 1.52. The average molecular weight is 493 g/mol. The highest BCUT2D eigenvalue weighted by Gasteiger charge is 2.35. The van der Waals surface area contributed by atoms with Crippen LogP contribution in [0.5, 0.6) is 0 Å². The Morgan fingerprint density at radius 2 is 2.06 bits per heavy atom. The Morgan fingerprint density at radius 1 is 1.21 bits per heavy atom. The number of rotatable bonds is 6. The van der Waals surface area contributed by atoms with E-state index >= 15 is 0 Å². The average Bonchev–Trinajstić information content (AvgIpc) is 3.48. The second-order valence-corrected chi connectivity index (χ2v) is 9.50. The highest BCUT2D eigenvalue weighted by Crippen LogP contribution is 2.35. The summed E-state index contributed by atoms with van der Waals surface area (Å²) in [5.41, 5.74) is 3.33. The van der Waals surface area contributed by atoms with Crippen molar-refractivity contribution in [1.29, 1.82) is 0 Å². The molecule has 1 aliphatic heterocycles. The molecule has 0 bridgehead atoms. The van der Waals surface area contributed by atoms with Gasteiger partial charge in [0.1, 0.15) is 5.76 Å². The number of nitrogens with one attached hydrogen (secondary N) is 1. The highest BCUT2D eigenvalue weighted by molar-refractivity contribution is 8.18. The van der Waals surface area contributed by atoms with Crippen LogP contribution >= 0.6 is 23.5 Å². The number of benzene rings is 2. The monoisotopic (exact) mass is 492 g/mol. The quantitative estimate of drug-likeness (QED) is 0.205. The van der Waals surface area contributed by atoms with Crippen molar-refractivity contribution >= 4 is 57.5 Å². The number of non-ortho nitro benzene ring substituents is 1. The Hall–Kier alpha value is -3.83. The maximum Gasteiger partial charge on any atom is 0.293 e. The fourth-order valence-corrected chi connectivity index (χ4v) is 5.01. The first-order chi connectivity index (χ1) is 16.4. The minimum atomic E-state index is -0.518. The van der Waals surface area contributed by atoms with E-state index in [0.717, 1.165) is 33.3 Å². The molecule has 4 aromatic rings. The summed E-state index contributed by atoms with van der Waals surface area (Å²) >= 11 is 2.12. The standard InChI is InChI=1S/C23H16N4O5S2/c1-13-5-7-17-18(9-13)25-22(24-17)34-20-8-6-16(32-20)11-19-21(28)26(23(29)33-19)12-14-3-2-4-15(10-14)27(30)31/h2-11H,12H2,1H3,(H,24,25)/b19-11+. The lowest BCUT2D eigenvalue weighted by molar-refractivity contribution is -0.384. The molecule has 2 aromatic heterocycles. The first-order valence-electron chi connectivity index (χ1n) is 10.1. The molecule has 1 saturated heterocycles. The van der Waals surface area contributed by atoms with Gasteiger partial charge in [-0.3, -0.25) is 24.6 Å². The predicted molar refractivity (Wildman–Crippen MR) is 128 cm³/mol. The molecule has 2 aromatic carbocycles. The Morgan fingerprint density at radius 3 is 2.88 bits per heavy atom. The van der Waals surface area contributed by atoms with Crippen molar-refractivity contribution in [3.63, 3.8) is 0 Å². The van der Waals surface area contributed by atoms with Crippen LogP contribution in [0.2, 0.25) is 0 Å². The van der Waals surface area contributed by atoms with E-state index < -0.39 is 16.1 Å². The number of fused-ring (bicyclic) bond motifs is 1. The maximum atomic E-state index is 12.8. The van der Waals surface area contributed by atoms with Crippen molar-refractivity contribution in [2.75, 3.05) is 0 Å². The molecule has 1 aliphatic rings. The lowest BCUT2D eigenvalue weighted by Gasteiger charge is -2.12. The van der Waals surface area contributed by atoms with Crippen LogP contribution in [0.1, 0.15) is 16.9 Å². The van der Waals surface area contributed by atoms with Crippen LogP contribution in [0.3, 0.4) is 0 Å². The van der Waals surface area contributed by atoms with Gasteiger partial charge in [-0.05, 0) is 65.8 Å². The van der Waals surface area contributed by atoms with Crippen molar-refractivity contribution in [3.05, 3.63) is 86.5 Å². The van der Waals surface area contributed by atoms with Crippen molar-refractivity contribution < 1.29 is 18.9 Å². The summed E-state index contributed by atoms with van der Waals surface area (Å²) in [6, 6.07) is 15.3. The largest absolute Gasteiger partial charge is 0.450 e. The molecule has 1 fully saturated rings. The number of carbonyl (C=O) groups excluding carboxylic acids is 2. The first-order valence-corrected chi connectivity index (χ1v) is 11.7. The molecule has 0 unspecified atom stereocenters. The van der Waals surface area contributed by atoms with E-state index in [9.17, 15) is 19.7 Å². The van der Waals surface area contributed by atoms with Crippen LogP contribution in [0.15, 0.2) is 74.2 Å². The van der Waals surface area contributed by atoms with Crippen LogP contribution < -0.4 is 0 Å². The lowest BCUT2D eigenvalue weighted by Crippen LogP contribution is -2.27. The van der Waals surface area contributed by atoms with Gasteiger partial charge in [0.2, 0.25) is 0 Å². The Balaban J connectivity index is 1.30. The van der Waals surface area contributed by atoms with Gasteiger partial charge in [0.15, 0.2) is 10.2 Å². The van der Waals surface area contributed by atoms with E-state index in [-0.39, 0.29) is 17.1 Å². The lowest BCUT2D eigenvalue weighted by atomic mass is 10.2. The number of carbonyl (C=O) groups is 2. The molecular weight excluding hydrogens is 476 g/mol. The Bertz CT molecular complexity index is 1490. The second-order valence-electron chi connectivity index (χ2n) is 7.52. The third kappa shape index (κ3) is 4.47. The van der Waals surface area contributed by atoms with Crippen molar-refractivity contribution in [1.82, 2.24) is 14.9 Å². The third-order valence-corrected chi connectivity index (χ3v) is 6.74. The van der Waals surface area contributed by atoms with Crippen LogP contribution in [0, 0.1) is 17.0 Å². The van der Waals surface area contributed by atoms with Crippen LogP contribution in [-0.2, 0) is 11.3 Å². The number of nitro groups is 1. The molecule has 5 rings (SSSR count). The molecule has 0 spiro atoms. The number of thioether (sulfide) groups is 1. The predicted octanol–water partition coefficient (Wildman–Crippen LogP) is 5.76. The molecule has 0 aliphatic carbocycles. The SMILES string of the molecule is Cc1ccc2nc(Sc3ccc(/C=C4/SC(=O)N(Cc5cccc([N+](=O)[O-])c5)C4=O)o3)[nH]c2c1. The number of nitrogens with zero attached hydrogens (tertiary/aromatic N) is 3. The molecule has 0 atom stereocenters. The summed E-state index contributed by atoms with van der Waals surface area (Å²) in [6.45, 7) is 1.96. The molecule has 34 heavy (non-hydrogen) atoms. The molecule has 0 saturated carbocycles. The van der Waals surface area contributed by atoms with Gasteiger partial charge in [-0.15, -0.1) is 0 Å². The fourth-order valence-electron chi connectivity index (χ4n) is 3.43. The topological polar surface area (TPSA) is 122 Å². The molecular formula is C23H16N4O5S2. The number of H-pyrrole nitrogens is 1. The smallest absolute Gasteiger partial charge is 0.293 e. The summed E-state index contributed by atoms with van der Waals surface area (Å²) in [5, 5.41) is 11.8. The zero-order chi connectivity index (χ0) is 23.8. The minimum absolute atomic E-state index is 0.0472. The summed E-state index contributed by atoms with van der Waals surface area (Å²) in [7, 11) is 0. The molecule has 2 amide bonds. The maximum absolute atomic E-state index is 12.8. The van der Waals surface area contributed by atoms with E-state index in [1.807, 2.05) is 25.1 Å². The number of aromatic amines is 1. The minimum Gasteiger partial charge on any atom is -0.450 e. The number of imide groups is 1. The molecule has 11 heteroatoms. The number of amides is 2. The van der Waals surface area contributed by atoms with Gasteiger partial charge in [-0.2, -0.15) is 0 Å². The Labute approximate surface area is 201 Å². The van der Waals surface area contributed by atoms with Gasteiger partial charge in [0.05, 0.1) is 27.4 Å². The van der Waals surface area contributed by atoms with Gasteiger partial charge < -0.3 is 9.40 Å². The normalized spacial score (nSPS) is 15.1. The first kappa shape index (κ1) is 22.0. The summed E-state index contributed by atoms with van der Waals surface area (Å²) in [4.78, 5) is 44.7. The number of aryl methyl sites for hydroxylation is 1. The van der Waals surface area contributed by atoms with Gasteiger partial charge in [0, 0.05) is 18.2 Å². The van der Waals surface area contributed by atoms with Gasteiger partial charge in [-0.25, -0.2) is 4.98 Å². The zero-order valence-corrected chi connectivity index (χ0v) is 19.3. The van der Waals surface area contributed by atoms with E-state index in [1.54, 1.807) is 18.2 Å². The fraction of sp³-hybridized carbons (Fsp3) is 0.0870. The van der Waals surface area contributed by atoms with Crippen LogP contribution in [0.4, 0.5) is 10.5 Å². The van der Waals surface area contributed by atoms with Gasteiger partial charge in [-0.1, -0.05) is 18.2 Å². The third-order valence-electron chi connectivity index (χ3n) is 5.02. The van der Waals surface area contributed by atoms with Gasteiger partial charge in [0.25, 0.3) is 16.8 Å². The molecule has 170 valence electrons. The second kappa shape index (κ2) is 8.84.